The predicted molar refractivity (Wildman–Crippen MR) is 77.2 cm³/mol. The van der Waals surface area contributed by atoms with Gasteiger partial charge in [0, 0.05) is 12.7 Å². The highest BCUT2D eigenvalue weighted by Crippen LogP contribution is 2.29. The SMILES string of the molecule is Cc1noc([C@@H]2[C@@H](C)OCCN2C(=O)c2ncccc2C)n1. The number of hydrogen-bond acceptors (Lipinski definition) is 6. The fraction of sp³-hybridized carbons (Fsp3) is 0.467. The standard InChI is InChI=1S/C15H18N4O3/c1-9-5-4-6-16-12(9)15(20)19-7-8-21-10(2)13(19)14-17-11(3)18-22-14/h4-6,10,13H,7-8H2,1-3H3/t10-,13+/m1/s1. The van der Waals surface area contributed by atoms with Crippen molar-refractivity contribution in [2.24, 2.45) is 0 Å². The van der Waals surface area contributed by atoms with E-state index in [-0.39, 0.29) is 12.0 Å². The van der Waals surface area contributed by atoms with E-state index in [4.69, 9.17) is 9.26 Å². The molecule has 0 unspecified atom stereocenters. The van der Waals surface area contributed by atoms with Crippen LogP contribution < -0.4 is 0 Å². The molecule has 1 aliphatic rings. The summed E-state index contributed by atoms with van der Waals surface area (Å²) in [5.41, 5.74) is 1.28. The van der Waals surface area contributed by atoms with Crippen molar-refractivity contribution in [1.82, 2.24) is 20.0 Å². The van der Waals surface area contributed by atoms with Crippen LogP contribution in [0.3, 0.4) is 0 Å². The van der Waals surface area contributed by atoms with Crippen molar-refractivity contribution in [3.63, 3.8) is 0 Å². The molecule has 0 saturated carbocycles. The second-order valence-electron chi connectivity index (χ2n) is 5.37. The lowest BCUT2D eigenvalue weighted by Crippen LogP contribution is -2.47. The monoisotopic (exact) mass is 302 g/mol. The minimum atomic E-state index is -0.399. The number of carbonyl (C=O) groups excluding carboxylic acids is 1. The van der Waals surface area contributed by atoms with E-state index in [1.165, 1.54) is 0 Å². The van der Waals surface area contributed by atoms with E-state index in [0.29, 0.717) is 30.6 Å². The highest BCUT2D eigenvalue weighted by Gasteiger charge is 2.38. The molecule has 0 aliphatic carbocycles. The van der Waals surface area contributed by atoms with Crippen LogP contribution in [0.4, 0.5) is 0 Å². The summed E-state index contributed by atoms with van der Waals surface area (Å²) >= 11 is 0. The summed E-state index contributed by atoms with van der Waals surface area (Å²) in [7, 11) is 0. The van der Waals surface area contributed by atoms with Crippen molar-refractivity contribution in [3.8, 4) is 0 Å². The molecule has 7 nitrogen and oxygen atoms in total. The third-order valence-corrected chi connectivity index (χ3v) is 3.76. The second kappa shape index (κ2) is 5.84. The third kappa shape index (κ3) is 2.59. The van der Waals surface area contributed by atoms with Crippen LogP contribution in [0.5, 0.6) is 0 Å². The number of pyridine rings is 1. The van der Waals surface area contributed by atoms with Crippen LogP contribution in [0.1, 0.15) is 40.7 Å². The fourth-order valence-corrected chi connectivity index (χ4v) is 2.66. The minimum absolute atomic E-state index is 0.144. The molecule has 1 amide bonds. The first kappa shape index (κ1) is 14.6. The molecule has 2 atom stereocenters. The maximum absolute atomic E-state index is 12.9. The maximum atomic E-state index is 12.9. The van der Waals surface area contributed by atoms with Crippen LogP contribution in [0.2, 0.25) is 0 Å². The molecule has 1 fully saturated rings. The third-order valence-electron chi connectivity index (χ3n) is 3.76. The van der Waals surface area contributed by atoms with Crippen LogP contribution in [0.15, 0.2) is 22.9 Å². The molecular weight excluding hydrogens is 284 g/mol. The van der Waals surface area contributed by atoms with Crippen molar-refractivity contribution in [2.45, 2.75) is 32.9 Å². The predicted octanol–water partition coefficient (Wildman–Crippen LogP) is 1.68. The molecule has 0 radical (unpaired) electrons. The van der Waals surface area contributed by atoms with Crippen LogP contribution >= 0.6 is 0 Å². The van der Waals surface area contributed by atoms with Crippen LogP contribution in [-0.2, 0) is 4.74 Å². The second-order valence-corrected chi connectivity index (χ2v) is 5.37. The fourth-order valence-electron chi connectivity index (χ4n) is 2.66. The van der Waals surface area contributed by atoms with Gasteiger partial charge in [-0.25, -0.2) is 0 Å². The topological polar surface area (TPSA) is 81.4 Å². The molecule has 3 rings (SSSR count). The van der Waals surface area contributed by atoms with Crippen molar-refractivity contribution < 1.29 is 14.1 Å². The van der Waals surface area contributed by atoms with Gasteiger partial charge in [0.2, 0.25) is 0 Å². The lowest BCUT2D eigenvalue weighted by molar-refractivity contribution is -0.0602. The van der Waals surface area contributed by atoms with Gasteiger partial charge < -0.3 is 14.2 Å². The maximum Gasteiger partial charge on any atom is 0.273 e. The van der Waals surface area contributed by atoms with Crippen molar-refractivity contribution >= 4 is 5.91 Å². The summed E-state index contributed by atoms with van der Waals surface area (Å²) in [6.45, 7) is 6.45. The van der Waals surface area contributed by atoms with Crippen LogP contribution in [-0.4, -0.2) is 45.2 Å². The average molecular weight is 302 g/mol. The minimum Gasteiger partial charge on any atom is -0.374 e. The van der Waals surface area contributed by atoms with E-state index >= 15 is 0 Å². The van der Waals surface area contributed by atoms with Gasteiger partial charge in [0.25, 0.3) is 11.8 Å². The number of morpholine rings is 1. The van der Waals surface area contributed by atoms with Crippen molar-refractivity contribution in [1.29, 1.82) is 0 Å². The first-order valence-electron chi connectivity index (χ1n) is 7.22. The van der Waals surface area contributed by atoms with Crippen LogP contribution in [0.25, 0.3) is 0 Å². The van der Waals surface area contributed by atoms with E-state index in [2.05, 4.69) is 15.1 Å². The van der Waals surface area contributed by atoms with Gasteiger partial charge in [0.15, 0.2) is 5.82 Å². The van der Waals surface area contributed by atoms with Crippen molar-refractivity contribution in [2.75, 3.05) is 13.2 Å². The molecule has 1 aliphatic heterocycles. The molecule has 0 bridgehead atoms. The summed E-state index contributed by atoms with van der Waals surface area (Å²) in [6, 6.07) is 3.28. The van der Waals surface area contributed by atoms with Gasteiger partial charge >= 0.3 is 0 Å². The van der Waals surface area contributed by atoms with Gasteiger partial charge in [-0.2, -0.15) is 4.98 Å². The van der Waals surface area contributed by atoms with Crippen molar-refractivity contribution in [3.05, 3.63) is 41.3 Å². The van der Waals surface area contributed by atoms with E-state index in [1.807, 2.05) is 26.0 Å². The molecule has 116 valence electrons. The molecule has 22 heavy (non-hydrogen) atoms. The molecule has 7 heteroatoms. The summed E-state index contributed by atoms with van der Waals surface area (Å²) in [4.78, 5) is 23.1. The Morgan fingerprint density at radius 1 is 1.41 bits per heavy atom. The zero-order chi connectivity index (χ0) is 15.7. The van der Waals surface area contributed by atoms with E-state index < -0.39 is 6.04 Å². The Morgan fingerprint density at radius 3 is 2.91 bits per heavy atom. The molecule has 0 aromatic carbocycles. The number of amides is 1. The van der Waals surface area contributed by atoms with Gasteiger partial charge in [-0.15, -0.1) is 0 Å². The van der Waals surface area contributed by atoms with E-state index in [0.717, 1.165) is 5.56 Å². The lowest BCUT2D eigenvalue weighted by atomic mass is 10.1. The highest BCUT2D eigenvalue weighted by molar-refractivity contribution is 5.94. The molecule has 2 aromatic heterocycles. The summed E-state index contributed by atoms with van der Waals surface area (Å²) < 4.78 is 10.9. The molecule has 0 N–H and O–H groups in total. The summed E-state index contributed by atoms with van der Waals surface area (Å²) in [5, 5.41) is 3.82. The Bertz CT molecular complexity index is 685. The smallest absolute Gasteiger partial charge is 0.273 e. The van der Waals surface area contributed by atoms with Crippen LogP contribution in [0, 0.1) is 13.8 Å². The first-order valence-corrected chi connectivity index (χ1v) is 7.22. The zero-order valence-electron chi connectivity index (χ0n) is 12.8. The summed E-state index contributed by atoms with van der Waals surface area (Å²) in [5.74, 6) is 0.787. The number of ether oxygens (including phenoxy) is 1. The number of rotatable bonds is 2. The number of nitrogens with zero attached hydrogens (tertiary/aromatic N) is 4. The van der Waals surface area contributed by atoms with Gasteiger partial charge in [0.1, 0.15) is 11.7 Å². The van der Waals surface area contributed by atoms with Gasteiger partial charge in [-0.1, -0.05) is 11.2 Å². The number of aryl methyl sites for hydroxylation is 2. The average Bonchev–Trinajstić information content (AvgIpc) is 2.93. The van der Waals surface area contributed by atoms with E-state index in [9.17, 15) is 4.79 Å². The molecule has 0 spiro atoms. The van der Waals surface area contributed by atoms with Gasteiger partial charge in [-0.05, 0) is 32.4 Å². The Hall–Kier alpha value is -2.28. The largest absolute Gasteiger partial charge is 0.374 e. The molecule has 2 aromatic rings. The lowest BCUT2D eigenvalue weighted by Gasteiger charge is -2.37. The Kier molecular flexibility index (Phi) is 3.89. The normalized spacial score (nSPS) is 21.9. The quantitative estimate of drug-likeness (QED) is 0.839. The first-order chi connectivity index (χ1) is 10.6. The molecule has 3 heterocycles. The number of aromatic nitrogens is 3. The number of carbonyl (C=O) groups is 1. The highest BCUT2D eigenvalue weighted by atomic mass is 16.5. The molecule has 1 saturated heterocycles. The Morgan fingerprint density at radius 2 is 2.23 bits per heavy atom. The molecular formula is C15H18N4O3. The van der Waals surface area contributed by atoms with Gasteiger partial charge in [0.05, 0.1) is 12.7 Å². The summed E-state index contributed by atoms with van der Waals surface area (Å²) in [6.07, 6.45) is 1.40. The zero-order valence-corrected chi connectivity index (χ0v) is 12.8. The Labute approximate surface area is 128 Å². The Balaban J connectivity index is 1.96. The number of hydrogen-bond donors (Lipinski definition) is 0. The van der Waals surface area contributed by atoms with Gasteiger partial charge in [-0.3, -0.25) is 9.78 Å². The van der Waals surface area contributed by atoms with E-state index in [1.54, 1.807) is 18.0 Å².